The van der Waals surface area contributed by atoms with Crippen molar-refractivity contribution >= 4 is 28.6 Å². The summed E-state index contributed by atoms with van der Waals surface area (Å²) >= 11 is 2.14. The monoisotopic (exact) mass is 335 g/mol. The summed E-state index contributed by atoms with van der Waals surface area (Å²) in [5.74, 6) is -0.873. The van der Waals surface area contributed by atoms with Crippen molar-refractivity contribution < 1.29 is 9.90 Å². The molecule has 1 aliphatic rings. The van der Waals surface area contributed by atoms with Crippen molar-refractivity contribution in [1.29, 1.82) is 0 Å². The molecule has 5 nitrogen and oxygen atoms in total. The summed E-state index contributed by atoms with van der Waals surface area (Å²) < 4.78 is 2.71. The number of hydrogen-bond acceptors (Lipinski definition) is 3. The molecular formula is C10H14IN3O2. The highest BCUT2D eigenvalue weighted by atomic mass is 127. The van der Waals surface area contributed by atoms with Gasteiger partial charge in [-0.1, -0.05) is 0 Å². The summed E-state index contributed by atoms with van der Waals surface area (Å²) in [6, 6.07) is 1.70. The fraction of sp³-hybridized carbons (Fsp3) is 0.500. The molecule has 0 bridgehead atoms. The van der Waals surface area contributed by atoms with Gasteiger partial charge in [0.25, 0.3) is 0 Å². The van der Waals surface area contributed by atoms with E-state index in [0.717, 1.165) is 29.7 Å². The fourth-order valence-electron chi connectivity index (χ4n) is 1.83. The lowest BCUT2D eigenvalue weighted by atomic mass is 10.4. The quantitative estimate of drug-likeness (QED) is 0.808. The summed E-state index contributed by atoms with van der Waals surface area (Å²) in [4.78, 5) is 13.3. The van der Waals surface area contributed by atoms with Crippen molar-refractivity contribution in [3.05, 3.63) is 21.5 Å². The second kappa shape index (κ2) is 4.62. The number of hydrogen-bond donors (Lipinski definition) is 1. The molecule has 1 saturated heterocycles. The lowest BCUT2D eigenvalue weighted by Gasteiger charge is -2.35. The van der Waals surface area contributed by atoms with Crippen molar-refractivity contribution in [2.24, 2.45) is 0 Å². The third-order valence-corrected chi connectivity index (χ3v) is 3.36. The summed E-state index contributed by atoms with van der Waals surface area (Å²) in [5, 5.41) is 11.2. The Kier molecular flexibility index (Phi) is 3.38. The Balaban J connectivity index is 2.22. The topological polar surface area (TPSA) is 48.7 Å². The van der Waals surface area contributed by atoms with Crippen LogP contribution in [0.15, 0.2) is 12.3 Å². The first-order chi connectivity index (χ1) is 7.58. The first kappa shape index (κ1) is 11.7. The number of aromatic carboxylic acids is 1. The molecule has 0 aromatic carbocycles. The molecule has 16 heavy (non-hydrogen) atoms. The molecule has 0 amide bonds. The van der Waals surface area contributed by atoms with Crippen LogP contribution in [-0.2, 0) is 0 Å². The molecule has 0 spiro atoms. The Hall–Kier alpha value is -0.760. The van der Waals surface area contributed by atoms with Crippen LogP contribution < -0.4 is 5.01 Å². The minimum Gasteiger partial charge on any atom is -0.477 e. The van der Waals surface area contributed by atoms with E-state index in [1.165, 1.54) is 0 Å². The van der Waals surface area contributed by atoms with Crippen LogP contribution >= 0.6 is 22.6 Å². The lowest BCUT2D eigenvalue weighted by Crippen LogP contribution is -2.50. The number of halogens is 1. The van der Waals surface area contributed by atoms with Crippen LogP contribution in [0.3, 0.4) is 0 Å². The van der Waals surface area contributed by atoms with Gasteiger partial charge in [0.05, 0.1) is 0 Å². The summed E-state index contributed by atoms with van der Waals surface area (Å²) in [6.07, 6.45) is 1.87. The smallest absolute Gasteiger partial charge is 0.354 e. The van der Waals surface area contributed by atoms with Crippen molar-refractivity contribution in [2.45, 2.75) is 0 Å². The molecule has 0 aliphatic carbocycles. The maximum absolute atomic E-state index is 11.1. The van der Waals surface area contributed by atoms with Gasteiger partial charge < -0.3 is 15.0 Å². The third kappa shape index (κ3) is 2.32. The number of nitrogens with zero attached hydrogens (tertiary/aromatic N) is 3. The van der Waals surface area contributed by atoms with E-state index in [1.807, 2.05) is 6.20 Å². The average Bonchev–Trinajstić information content (AvgIpc) is 2.61. The number of carbonyl (C=O) groups is 1. The van der Waals surface area contributed by atoms with E-state index >= 15 is 0 Å². The molecular weight excluding hydrogens is 321 g/mol. The molecule has 88 valence electrons. The van der Waals surface area contributed by atoms with Crippen molar-refractivity contribution in [1.82, 2.24) is 9.58 Å². The lowest BCUT2D eigenvalue weighted by molar-refractivity contribution is 0.0683. The third-order valence-electron chi connectivity index (χ3n) is 2.77. The predicted octanol–water partition coefficient (Wildman–Crippen LogP) is 0.674. The Morgan fingerprint density at radius 3 is 2.56 bits per heavy atom. The van der Waals surface area contributed by atoms with Gasteiger partial charge >= 0.3 is 5.97 Å². The van der Waals surface area contributed by atoms with Crippen molar-refractivity contribution in [2.75, 3.05) is 38.2 Å². The maximum Gasteiger partial charge on any atom is 0.354 e. The van der Waals surface area contributed by atoms with E-state index in [-0.39, 0.29) is 0 Å². The second-order valence-corrected chi connectivity index (χ2v) is 5.20. The van der Waals surface area contributed by atoms with Crippen LogP contribution in [-0.4, -0.2) is 53.9 Å². The van der Waals surface area contributed by atoms with E-state index < -0.39 is 5.97 Å². The SMILES string of the molecule is CN1CCN(n2cc(I)cc2C(=O)O)CC1. The molecule has 0 saturated carbocycles. The highest BCUT2D eigenvalue weighted by Gasteiger charge is 2.19. The number of piperazine rings is 1. The fourth-order valence-corrected chi connectivity index (χ4v) is 2.38. The normalized spacial score (nSPS) is 17.8. The summed E-state index contributed by atoms with van der Waals surface area (Å²) in [7, 11) is 2.08. The Bertz CT molecular complexity index is 397. The van der Waals surface area contributed by atoms with E-state index in [4.69, 9.17) is 5.11 Å². The summed E-state index contributed by atoms with van der Waals surface area (Å²) in [6.45, 7) is 3.66. The first-order valence-electron chi connectivity index (χ1n) is 5.13. The number of carboxylic acids is 1. The van der Waals surface area contributed by atoms with Gasteiger partial charge in [0.1, 0.15) is 5.69 Å². The Morgan fingerprint density at radius 1 is 1.38 bits per heavy atom. The van der Waals surface area contributed by atoms with Crippen LogP contribution in [0.5, 0.6) is 0 Å². The van der Waals surface area contributed by atoms with Gasteiger partial charge in [-0.2, -0.15) is 0 Å². The van der Waals surface area contributed by atoms with Gasteiger partial charge in [-0.3, -0.25) is 4.68 Å². The van der Waals surface area contributed by atoms with Gasteiger partial charge in [-0.25, -0.2) is 4.79 Å². The van der Waals surface area contributed by atoms with Gasteiger partial charge in [-0.05, 0) is 35.7 Å². The minimum atomic E-state index is -0.873. The molecule has 1 fully saturated rings. The van der Waals surface area contributed by atoms with Crippen molar-refractivity contribution in [3.63, 3.8) is 0 Å². The van der Waals surface area contributed by atoms with Gasteiger partial charge in [0.2, 0.25) is 0 Å². The molecule has 0 atom stereocenters. The van der Waals surface area contributed by atoms with Crippen LogP contribution in [0.1, 0.15) is 10.5 Å². The van der Waals surface area contributed by atoms with Gasteiger partial charge in [-0.15, -0.1) is 0 Å². The molecule has 1 aliphatic heterocycles. The molecule has 6 heteroatoms. The molecule has 2 rings (SSSR count). The standard InChI is InChI=1S/C10H14IN3O2/c1-12-2-4-13(5-3-12)14-7-8(11)6-9(14)10(15)16/h6-7H,2-5H2,1H3,(H,15,16). The minimum absolute atomic E-state index is 0.342. The van der Waals surface area contributed by atoms with E-state index in [1.54, 1.807) is 10.7 Å². The van der Waals surface area contributed by atoms with E-state index in [2.05, 4.69) is 39.5 Å². The first-order valence-corrected chi connectivity index (χ1v) is 6.21. The molecule has 1 N–H and O–H groups in total. The van der Waals surface area contributed by atoms with Crippen molar-refractivity contribution in [3.8, 4) is 0 Å². The predicted molar refractivity (Wildman–Crippen MR) is 69.6 cm³/mol. The zero-order valence-corrected chi connectivity index (χ0v) is 11.2. The zero-order chi connectivity index (χ0) is 11.7. The Morgan fingerprint density at radius 2 is 2.00 bits per heavy atom. The highest BCUT2D eigenvalue weighted by Crippen LogP contribution is 2.13. The maximum atomic E-state index is 11.1. The highest BCUT2D eigenvalue weighted by molar-refractivity contribution is 14.1. The largest absolute Gasteiger partial charge is 0.477 e. The van der Waals surface area contributed by atoms with Crippen LogP contribution in [0.2, 0.25) is 0 Å². The van der Waals surface area contributed by atoms with Gasteiger partial charge in [0, 0.05) is 35.9 Å². The van der Waals surface area contributed by atoms with E-state index in [9.17, 15) is 4.79 Å². The second-order valence-electron chi connectivity index (χ2n) is 3.95. The number of rotatable bonds is 2. The zero-order valence-electron chi connectivity index (χ0n) is 9.06. The van der Waals surface area contributed by atoms with Crippen LogP contribution in [0.4, 0.5) is 0 Å². The van der Waals surface area contributed by atoms with Gasteiger partial charge in [0.15, 0.2) is 0 Å². The van der Waals surface area contributed by atoms with Crippen LogP contribution in [0.25, 0.3) is 0 Å². The van der Waals surface area contributed by atoms with E-state index in [0.29, 0.717) is 5.69 Å². The number of likely N-dealkylation sites (N-methyl/N-ethyl adjacent to an activating group) is 1. The summed E-state index contributed by atoms with van der Waals surface area (Å²) in [5.41, 5.74) is 0.342. The average molecular weight is 335 g/mol. The molecule has 2 heterocycles. The number of aromatic nitrogens is 1. The molecule has 0 unspecified atom stereocenters. The molecule has 1 aromatic heterocycles. The number of carboxylic acid groups (broad SMARTS) is 1. The Labute approximate surface area is 108 Å². The van der Waals surface area contributed by atoms with Crippen LogP contribution in [0, 0.1) is 3.57 Å². The molecule has 0 radical (unpaired) electrons. The molecule has 1 aromatic rings.